The van der Waals surface area contributed by atoms with E-state index >= 15 is 0 Å². The molecule has 0 aliphatic rings. The van der Waals surface area contributed by atoms with Crippen molar-refractivity contribution in [1.29, 1.82) is 0 Å². The molecule has 2 rings (SSSR count). The SMILES string of the molecule is Oc1c(Cl)ccc2[nH]ncc12. The van der Waals surface area contributed by atoms with E-state index < -0.39 is 0 Å². The van der Waals surface area contributed by atoms with Crippen LogP contribution in [0.1, 0.15) is 0 Å². The first kappa shape index (κ1) is 6.49. The Bertz CT molecular complexity index is 396. The summed E-state index contributed by atoms with van der Waals surface area (Å²) in [6.45, 7) is 0. The molecule has 0 saturated heterocycles. The number of hydrogen-bond donors (Lipinski definition) is 2. The smallest absolute Gasteiger partial charge is 0.145 e. The Morgan fingerprint density at radius 3 is 3.09 bits per heavy atom. The van der Waals surface area contributed by atoms with Crippen LogP contribution in [-0.4, -0.2) is 15.3 Å². The standard InChI is InChI=1S/C7H5ClN2O/c8-5-1-2-6-4(7(5)11)3-9-10-6/h1-3,11H,(H,9,10). The number of nitrogens with zero attached hydrogens (tertiary/aromatic N) is 1. The number of aromatic amines is 1. The molecule has 2 aromatic rings. The molecule has 1 heterocycles. The minimum absolute atomic E-state index is 0.0814. The van der Waals surface area contributed by atoms with Crippen molar-refractivity contribution in [1.82, 2.24) is 10.2 Å². The fourth-order valence-electron chi connectivity index (χ4n) is 0.976. The van der Waals surface area contributed by atoms with Gasteiger partial charge in [0, 0.05) is 0 Å². The minimum atomic E-state index is 0.0814. The van der Waals surface area contributed by atoms with Crippen molar-refractivity contribution in [2.75, 3.05) is 0 Å². The van der Waals surface area contributed by atoms with E-state index in [-0.39, 0.29) is 5.75 Å². The van der Waals surface area contributed by atoms with Gasteiger partial charge in [0.15, 0.2) is 0 Å². The summed E-state index contributed by atoms with van der Waals surface area (Å²) in [6.07, 6.45) is 1.54. The fourth-order valence-corrected chi connectivity index (χ4v) is 1.14. The van der Waals surface area contributed by atoms with Crippen LogP contribution < -0.4 is 0 Å². The predicted octanol–water partition coefficient (Wildman–Crippen LogP) is 1.92. The number of benzene rings is 1. The van der Waals surface area contributed by atoms with E-state index in [1.54, 1.807) is 12.1 Å². The molecule has 0 atom stereocenters. The van der Waals surface area contributed by atoms with Crippen molar-refractivity contribution in [2.45, 2.75) is 0 Å². The number of hydrogen-bond acceptors (Lipinski definition) is 2. The van der Waals surface area contributed by atoms with Crippen LogP contribution in [0.15, 0.2) is 18.3 Å². The molecule has 0 aliphatic carbocycles. The van der Waals surface area contributed by atoms with Crippen LogP contribution in [-0.2, 0) is 0 Å². The van der Waals surface area contributed by atoms with Gasteiger partial charge < -0.3 is 5.11 Å². The molecule has 3 nitrogen and oxygen atoms in total. The number of fused-ring (bicyclic) bond motifs is 1. The van der Waals surface area contributed by atoms with Crippen LogP contribution in [0.4, 0.5) is 0 Å². The van der Waals surface area contributed by atoms with Crippen LogP contribution >= 0.6 is 11.6 Å². The molecular formula is C7H5ClN2O. The number of nitrogens with one attached hydrogen (secondary N) is 1. The molecule has 0 spiro atoms. The molecule has 0 saturated carbocycles. The number of aromatic hydroxyl groups is 1. The van der Waals surface area contributed by atoms with Crippen LogP contribution in [0.25, 0.3) is 10.9 Å². The molecule has 1 aromatic heterocycles. The molecule has 56 valence electrons. The maximum Gasteiger partial charge on any atom is 0.145 e. The molecule has 11 heavy (non-hydrogen) atoms. The molecule has 0 radical (unpaired) electrons. The lowest BCUT2D eigenvalue weighted by atomic mass is 10.2. The largest absolute Gasteiger partial charge is 0.506 e. The maximum atomic E-state index is 9.36. The first-order valence-corrected chi connectivity index (χ1v) is 3.47. The van der Waals surface area contributed by atoms with E-state index in [4.69, 9.17) is 11.6 Å². The summed E-state index contributed by atoms with van der Waals surface area (Å²) in [5.74, 6) is 0.0814. The van der Waals surface area contributed by atoms with Crippen LogP contribution in [0.2, 0.25) is 5.02 Å². The maximum absolute atomic E-state index is 9.36. The molecule has 4 heteroatoms. The van der Waals surface area contributed by atoms with E-state index in [1.165, 1.54) is 6.20 Å². The lowest BCUT2D eigenvalue weighted by Gasteiger charge is -1.95. The van der Waals surface area contributed by atoms with Crippen LogP contribution in [0.5, 0.6) is 5.75 Å². The van der Waals surface area contributed by atoms with E-state index in [1.807, 2.05) is 0 Å². The van der Waals surface area contributed by atoms with Gasteiger partial charge in [-0.05, 0) is 12.1 Å². The zero-order valence-electron chi connectivity index (χ0n) is 5.50. The average molecular weight is 169 g/mol. The Balaban J connectivity index is 2.93. The summed E-state index contributed by atoms with van der Waals surface area (Å²) in [7, 11) is 0. The first-order chi connectivity index (χ1) is 5.29. The van der Waals surface area contributed by atoms with Gasteiger partial charge >= 0.3 is 0 Å². The quantitative estimate of drug-likeness (QED) is 0.632. The van der Waals surface area contributed by atoms with Crippen molar-refractivity contribution in [3.63, 3.8) is 0 Å². The lowest BCUT2D eigenvalue weighted by molar-refractivity contribution is 0.482. The third-order valence-corrected chi connectivity index (χ3v) is 1.85. The Morgan fingerprint density at radius 1 is 1.45 bits per heavy atom. The van der Waals surface area contributed by atoms with Crippen molar-refractivity contribution in [3.05, 3.63) is 23.4 Å². The van der Waals surface area contributed by atoms with E-state index in [0.29, 0.717) is 10.4 Å². The zero-order chi connectivity index (χ0) is 7.84. The van der Waals surface area contributed by atoms with E-state index in [0.717, 1.165) is 5.52 Å². The normalized spacial score (nSPS) is 10.6. The van der Waals surface area contributed by atoms with Gasteiger partial charge in [0.05, 0.1) is 22.1 Å². The molecule has 0 amide bonds. The molecule has 0 bridgehead atoms. The number of aromatic nitrogens is 2. The highest BCUT2D eigenvalue weighted by atomic mass is 35.5. The van der Waals surface area contributed by atoms with Gasteiger partial charge in [0.1, 0.15) is 5.75 Å². The number of phenols is 1. The van der Waals surface area contributed by atoms with Gasteiger partial charge in [-0.2, -0.15) is 5.10 Å². The Morgan fingerprint density at radius 2 is 2.27 bits per heavy atom. The average Bonchev–Trinajstić information content (AvgIpc) is 2.45. The Hall–Kier alpha value is -1.22. The fraction of sp³-hybridized carbons (Fsp3) is 0. The number of phenolic OH excluding ortho intramolecular Hbond substituents is 1. The van der Waals surface area contributed by atoms with Crippen molar-refractivity contribution in [2.24, 2.45) is 0 Å². The van der Waals surface area contributed by atoms with Crippen LogP contribution in [0, 0.1) is 0 Å². The van der Waals surface area contributed by atoms with Crippen molar-refractivity contribution < 1.29 is 5.11 Å². The topological polar surface area (TPSA) is 48.9 Å². The molecular weight excluding hydrogens is 164 g/mol. The third-order valence-electron chi connectivity index (χ3n) is 1.55. The molecule has 0 fully saturated rings. The van der Waals surface area contributed by atoms with E-state index in [9.17, 15) is 5.11 Å². The highest BCUT2D eigenvalue weighted by Gasteiger charge is 2.04. The highest BCUT2D eigenvalue weighted by molar-refractivity contribution is 6.33. The summed E-state index contributed by atoms with van der Waals surface area (Å²) in [5.41, 5.74) is 0.784. The summed E-state index contributed by atoms with van der Waals surface area (Å²) in [4.78, 5) is 0. The first-order valence-electron chi connectivity index (χ1n) is 3.09. The zero-order valence-corrected chi connectivity index (χ0v) is 6.26. The number of H-pyrrole nitrogens is 1. The second kappa shape index (κ2) is 2.13. The summed E-state index contributed by atoms with van der Waals surface area (Å²) in [6, 6.07) is 3.39. The van der Waals surface area contributed by atoms with Gasteiger partial charge in [-0.25, -0.2) is 0 Å². The Labute approximate surface area is 67.6 Å². The summed E-state index contributed by atoms with van der Waals surface area (Å²) in [5, 5.41) is 16.8. The van der Waals surface area contributed by atoms with E-state index in [2.05, 4.69) is 10.2 Å². The van der Waals surface area contributed by atoms with Gasteiger partial charge in [-0.1, -0.05) is 11.6 Å². The summed E-state index contributed by atoms with van der Waals surface area (Å²) < 4.78 is 0. The van der Waals surface area contributed by atoms with Crippen molar-refractivity contribution >= 4 is 22.5 Å². The van der Waals surface area contributed by atoms with Crippen LogP contribution in [0.3, 0.4) is 0 Å². The number of halogens is 1. The second-order valence-corrected chi connectivity index (χ2v) is 2.63. The molecule has 1 aromatic carbocycles. The molecule has 0 unspecified atom stereocenters. The second-order valence-electron chi connectivity index (χ2n) is 2.23. The lowest BCUT2D eigenvalue weighted by Crippen LogP contribution is -1.70. The van der Waals surface area contributed by atoms with Crippen molar-refractivity contribution in [3.8, 4) is 5.75 Å². The van der Waals surface area contributed by atoms with Gasteiger partial charge in [-0.15, -0.1) is 0 Å². The monoisotopic (exact) mass is 168 g/mol. The predicted molar refractivity (Wildman–Crippen MR) is 42.8 cm³/mol. The summed E-state index contributed by atoms with van der Waals surface area (Å²) >= 11 is 5.65. The van der Waals surface area contributed by atoms with Gasteiger partial charge in [0.2, 0.25) is 0 Å². The highest BCUT2D eigenvalue weighted by Crippen LogP contribution is 2.30. The number of rotatable bonds is 0. The Kier molecular flexibility index (Phi) is 1.26. The van der Waals surface area contributed by atoms with Gasteiger partial charge in [0.25, 0.3) is 0 Å². The minimum Gasteiger partial charge on any atom is -0.506 e. The third kappa shape index (κ3) is 0.851. The molecule has 2 N–H and O–H groups in total. The van der Waals surface area contributed by atoms with Gasteiger partial charge in [-0.3, -0.25) is 5.10 Å². The molecule has 0 aliphatic heterocycles.